The summed E-state index contributed by atoms with van der Waals surface area (Å²) in [6.45, 7) is 0. The first kappa shape index (κ1) is 16.5. The van der Waals surface area contributed by atoms with Gasteiger partial charge in [-0.05, 0) is 64.5 Å². The van der Waals surface area contributed by atoms with Gasteiger partial charge in [0.05, 0.1) is 18.0 Å². The second kappa shape index (κ2) is 6.72. The summed E-state index contributed by atoms with van der Waals surface area (Å²) in [5.74, 6) is 1.79. The number of benzene rings is 2. The van der Waals surface area contributed by atoms with Crippen molar-refractivity contribution >= 4 is 26.8 Å². The maximum Gasteiger partial charge on any atom is 0.267 e. The predicted octanol–water partition coefficient (Wildman–Crippen LogP) is 4.22. The maximum atomic E-state index is 13.2. The van der Waals surface area contributed by atoms with Crippen molar-refractivity contribution in [3.8, 4) is 23.0 Å². The fourth-order valence-electron chi connectivity index (χ4n) is 2.78. The fourth-order valence-corrected chi connectivity index (χ4v) is 3.01. The summed E-state index contributed by atoms with van der Waals surface area (Å²) in [7, 11) is 1.62. The summed E-state index contributed by atoms with van der Waals surface area (Å²) in [6.07, 6.45) is 1.66. The lowest BCUT2D eigenvalue weighted by Gasteiger charge is -2.13. The molecule has 5 nitrogen and oxygen atoms in total. The van der Waals surface area contributed by atoms with Gasteiger partial charge < -0.3 is 4.74 Å². The van der Waals surface area contributed by atoms with Gasteiger partial charge in [-0.3, -0.25) is 4.79 Å². The Labute approximate surface area is 158 Å². The highest BCUT2D eigenvalue weighted by atomic mass is 79.9. The van der Waals surface area contributed by atoms with E-state index in [1.807, 2.05) is 48.5 Å². The summed E-state index contributed by atoms with van der Waals surface area (Å²) in [6, 6.07) is 18.4. The summed E-state index contributed by atoms with van der Waals surface area (Å²) in [5.41, 5.74) is 1.30. The van der Waals surface area contributed by atoms with Gasteiger partial charge in [0, 0.05) is 16.2 Å². The molecule has 0 unspecified atom stereocenters. The Bertz CT molecular complexity index is 1140. The van der Waals surface area contributed by atoms with Gasteiger partial charge >= 0.3 is 0 Å². The smallest absolute Gasteiger partial charge is 0.267 e. The molecule has 0 bridgehead atoms. The molecule has 6 heteroatoms. The molecule has 0 spiro atoms. The second-order valence-electron chi connectivity index (χ2n) is 5.66. The first-order valence-electron chi connectivity index (χ1n) is 7.95. The Hall–Kier alpha value is -2.99. The van der Waals surface area contributed by atoms with Crippen molar-refractivity contribution < 1.29 is 4.74 Å². The van der Waals surface area contributed by atoms with Crippen LogP contribution < -0.4 is 10.3 Å². The van der Waals surface area contributed by atoms with Crippen LogP contribution in [0.4, 0.5) is 0 Å². The number of methoxy groups -OCH3 is 1. The number of fused-ring (bicyclic) bond motifs is 1. The van der Waals surface area contributed by atoms with Crippen LogP contribution in [0.3, 0.4) is 0 Å². The molecule has 0 aliphatic carbocycles. The van der Waals surface area contributed by atoms with Crippen LogP contribution in [0.15, 0.2) is 76.1 Å². The molecule has 0 aliphatic heterocycles. The van der Waals surface area contributed by atoms with E-state index < -0.39 is 0 Å². The van der Waals surface area contributed by atoms with Gasteiger partial charge in [0.1, 0.15) is 17.4 Å². The third kappa shape index (κ3) is 2.88. The Morgan fingerprint density at radius 2 is 1.77 bits per heavy atom. The van der Waals surface area contributed by atoms with E-state index >= 15 is 0 Å². The van der Waals surface area contributed by atoms with Crippen LogP contribution in [0.2, 0.25) is 0 Å². The number of halogens is 1. The molecule has 2 aromatic heterocycles. The van der Waals surface area contributed by atoms with E-state index in [2.05, 4.69) is 20.9 Å². The molecule has 0 fully saturated rings. The lowest BCUT2D eigenvalue weighted by Crippen LogP contribution is -2.22. The quantitative estimate of drug-likeness (QED) is 0.510. The zero-order valence-electron chi connectivity index (χ0n) is 13.9. The molecular formula is C20H14BrN3O2. The number of aromatic nitrogens is 3. The molecule has 0 saturated carbocycles. The van der Waals surface area contributed by atoms with Crippen molar-refractivity contribution in [2.75, 3.05) is 7.11 Å². The molecule has 0 N–H and O–H groups in total. The standard InChI is InChI=1S/C20H14BrN3O2/c1-26-15-9-6-13(7-10-15)19-23-17-5-3-2-4-16(17)20(25)24(19)18-11-8-14(21)12-22-18/h2-12H,1H3. The highest BCUT2D eigenvalue weighted by Gasteiger charge is 2.15. The van der Waals surface area contributed by atoms with E-state index in [1.165, 1.54) is 4.57 Å². The van der Waals surface area contributed by atoms with Crippen LogP contribution in [0, 0.1) is 0 Å². The van der Waals surface area contributed by atoms with Gasteiger partial charge in [0.2, 0.25) is 0 Å². The first-order valence-corrected chi connectivity index (χ1v) is 8.75. The molecular weight excluding hydrogens is 394 g/mol. The number of pyridine rings is 1. The third-order valence-corrected chi connectivity index (χ3v) is 4.53. The van der Waals surface area contributed by atoms with Gasteiger partial charge in [-0.15, -0.1) is 0 Å². The zero-order valence-corrected chi connectivity index (χ0v) is 15.5. The van der Waals surface area contributed by atoms with Crippen molar-refractivity contribution in [3.05, 3.63) is 81.7 Å². The number of ether oxygens (including phenoxy) is 1. The minimum atomic E-state index is -0.156. The topological polar surface area (TPSA) is 57.0 Å². The van der Waals surface area contributed by atoms with Crippen molar-refractivity contribution in [2.24, 2.45) is 0 Å². The molecule has 2 heterocycles. The highest BCUT2D eigenvalue weighted by molar-refractivity contribution is 9.10. The van der Waals surface area contributed by atoms with Crippen LogP contribution in [0.5, 0.6) is 5.75 Å². The average molecular weight is 408 g/mol. The average Bonchev–Trinajstić information content (AvgIpc) is 2.69. The summed E-state index contributed by atoms with van der Waals surface area (Å²) < 4.78 is 7.60. The molecule has 128 valence electrons. The van der Waals surface area contributed by atoms with Gasteiger partial charge in [0.15, 0.2) is 0 Å². The Kier molecular flexibility index (Phi) is 4.26. The monoisotopic (exact) mass is 407 g/mol. The number of nitrogens with zero attached hydrogens (tertiary/aromatic N) is 3. The summed E-state index contributed by atoms with van der Waals surface area (Å²) >= 11 is 3.38. The van der Waals surface area contributed by atoms with Gasteiger partial charge in [-0.1, -0.05) is 12.1 Å². The molecule has 0 aliphatic rings. The molecule has 2 aromatic carbocycles. The zero-order chi connectivity index (χ0) is 18.1. The van der Waals surface area contributed by atoms with Crippen LogP contribution in [0.25, 0.3) is 28.1 Å². The van der Waals surface area contributed by atoms with Crippen molar-refractivity contribution in [2.45, 2.75) is 0 Å². The van der Waals surface area contributed by atoms with Gasteiger partial charge in [-0.2, -0.15) is 0 Å². The minimum absolute atomic E-state index is 0.156. The molecule has 0 atom stereocenters. The van der Waals surface area contributed by atoms with E-state index in [0.29, 0.717) is 22.5 Å². The van der Waals surface area contributed by atoms with Crippen molar-refractivity contribution in [1.82, 2.24) is 14.5 Å². The molecule has 0 saturated heterocycles. The van der Waals surface area contributed by atoms with Crippen LogP contribution >= 0.6 is 15.9 Å². The Balaban J connectivity index is 2.04. The van der Waals surface area contributed by atoms with E-state index in [-0.39, 0.29) is 5.56 Å². The molecule has 0 radical (unpaired) electrons. The number of hydrogen-bond acceptors (Lipinski definition) is 4. The van der Waals surface area contributed by atoms with Crippen LogP contribution in [-0.4, -0.2) is 21.6 Å². The molecule has 26 heavy (non-hydrogen) atoms. The maximum absolute atomic E-state index is 13.2. The Morgan fingerprint density at radius 3 is 2.46 bits per heavy atom. The lowest BCUT2D eigenvalue weighted by atomic mass is 10.1. The minimum Gasteiger partial charge on any atom is -0.497 e. The SMILES string of the molecule is COc1ccc(-c2nc3ccccc3c(=O)n2-c2ccc(Br)cn2)cc1. The van der Waals surface area contributed by atoms with E-state index in [4.69, 9.17) is 9.72 Å². The summed E-state index contributed by atoms with van der Waals surface area (Å²) in [4.78, 5) is 22.3. The Morgan fingerprint density at radius 1 is 1.00 bits per heavy atom. The number of hydrogen-bond donors (Lipinski definition) is 0. The van der Waals surface area contributed by atoms with E-state index in [1.54, 1.807) is 25.4 Å². The number of rotatable bonds is 3. The molecule has 4 rings (SSSR count). The largest absolute Gasteiger partial charge is 0.497 e. The molecule has 4 aromatic rings. The fraction of sp³-hybridized carbons (Fsp3) is 0.0500. The van der Waals surface area contributed by atoms with Gasteiger partial charge in [-0.25, -0.2) is 14.5 Å². The third-order valence-electron chi connectivity index (χ3n) is 4.06. The lowest BCUT2D eigenvalue weighted by molar-refractivity contribution is 0.415. The van der Waals surface area contributed by atoms with Crippen molar-refractivity contribution in [1.29, 1.82) is 0 Å². The second-order valence-corrected chi connectivity index (χ2v) is 6.57. The van der Waals surface area contributed by atoms with Crippen molar-refractivity contribution in [3.63, 3.8) is 0 Å². The van der Waals surface area contributed by atoms with Crippen LogP contribution in [0.1, 0.15) is 0 Å². The van der Waals surface area contributed by atoms with Crippen LogP contribution in [-0.2, 0) is 0 Å². The predicted molar refractivity (Wildman–Crippen MR) is 105 cm³/mol. The molecule has 0 amide bonds. The normalized spacial score (nSPS) is 10.8. The van der Waals surface area contributed by atoms with Gasteiger partial charge in [0.25, 0.3) is 5.56 Å². The highest BCUT2D eigenvalue weighted by Crippen LogP contribution is 2.24. The van der Waals surface area contributed by atoms with E-state index in [9.17, 15) is 4.79 Å². The summed E-state index contributed by atoms with van der Waals surface area (Å²) in [5, 5.41) is 0.550. The first-order chi connectivity index (χ1) is 12.7. The number of para-hydroxylation sites is 1. The van der Waals surface area contributed by atoms with E-state index in [0.717, 1.165) is 15.8 Å².